The van der Waals surface area contributed by atoms with Gasteiger partial charge in [-0.3, -0.25) is 4.79 Å². The van der Waals surface area contributed by atoms with Gasteiger partial charge in [0.1, 0.15) is 12.4 Å². The van der Waals surface area contributed by atoms with Crippen LogP contribution < -0.4 is 10.1 Å². The smallest absolute Gasteiger partial charge is 0.287 e. The van der Waals surface area contributed by atoms with Crippen LogP contribution in [0.2, 0.25) is 0 Å². The maximum absolute atomic E-state index is 12.5. The van der Waals surface area contributed by atoms with Gasteiger partial charge in [-0.2, -0.15) is 0 Å². The summed E-state index contributed by atoms with van der Waals surface area (Å²) in [7, 11) is 0. The van der Waals surface area contributed by atoms with Crippen LogP contribution in [-0.4, -0.2) is 41.9 Å². The zero-order valence-electron chi connectivity index (χ0n) is 9.07. The van der Waals surface area contributed by atoms with Gasteiger partial charge in [-0.1, -0.05) is 0 Å². The highest BCUT2D eigenvalue weighted by atomic mass is 19.3. The molecule has 0 saturated carbocycles. The molecule has 0 fully saturated rings. The highest BCUT2D eigenvalue weighted by molar-refractivity contribution is 5.77. The van der Waals surface area contributed by atoms with Crippen LogP contribution in [0.3, 0.4) is 0 Å². The minimum Gasteiger partial charge on any atom is -0.465 e. The van der Waals surface area contributed by atoms with E-state index in [2.05, 4.69) is 9.68 Å². The van der Waals surface area contributed by atoms with Crippen LogP contribution >= 0.6 is 0 Å². The molecule has 1 amide bonds. The van der Waals surface area contributed by atoms with E-state index in [0.717, 1.165) is 0 Å². The summed E-state index contributed by atoms with van der Waals surface area (Å²) in [5, 5.41) is 13.6. The van der Waals surface area contributed by atoms with Crippen LogP contribution in [0.4, 0.5) is 8.78 Å². The van der Waals surface area contributed by atoms with E-state index in [1.807, 2.05) is 5.32 Å². The number of aromatic nitrogens is 1. The molecule has 0 aliphatic rings. The van der Waals surface area contributed by atoms with Gasteiger partial charge in [-0.15, -0.1) is 0 Å². The Balaban J connectivity index is 2.26. The molecule has 0 unspecified atom stereocenters. The second-order valence-corrected chi connectivity index (χ2v) is 3.36. The average Bonchev–Trinajstić information content (AvgIpc) is 2.70. The summed E-state index contributed by atoms with van der Waals surface area (Å²) in [5.74, 6) is -3.46. The number of rotatable bonds is 6. The Bertz CT molecular complexity index is 381. The van der Waals surface area contributed by atoms with Gasteiger partial charge >= 0.3 is 0 Å². The predicted octanol–water partition coefficient (Wildman–Crippen LogP) is 0.106. The van der Waals surface area contributed by atoms with E-state index in [4.69, 9.17) is 9.84 Å². The molecule has 0 radical (unpaired) electrons. The van der Waals surface area contributed by atoms with Crippen molar-refractivity contribution in [1.82, 2.24) is 10.5 Å². The molecule has 96 valence electrons. The Morgan fingerprint density at radius 2 is 2.41 bits per heavy atom. The van der Waals surface area contributed by atoms with Crippen LogP contribution in [0.1, 0.15) is 5.76 Å². The lowest BCUT2D eigenvalue weighted by Crippen LogP contribution is -2.40. The highest BCUT2D eigenvalue weighted by Crippen LogP contribution is 2.10. The molecular weight excluding hydrogens is 238 g/mol. The monoisotopic (exact) mass is 250 g/mol. The van der Waals surface area contributed by atoms with Gasteiger partial charge in [0.2, 0.25) is 0 Å². The predicted molar refractivity (Wildman–Crippen MR) is 51.8 cm³/mol. The first-order valence-electron chi connectivity index (χ1n) is 4.74. The Kier molecular flexibility index (Phi) is 4.38. The molecule has 1 aromatic heterocycles. The van der Waals surface area contributed by atoms with E-state index >= 15 is 0 Å². The van der Waals surface area contributed by atoms with Gasteiger partial charge in [-0.25, -0.2) is 8.78 Å². The van der Waals surface area contributed by atoms with Crippen molar-refractivity contribution in [2.24, 2.45) is 0 Å². The molecule has 1 heterocycles. The molecule has 1 rings (SSSR count). The van der Waals surface area contributed by atoms with Crippen LogP contribution in [0.5, 0.6) is 5.88 Å². The van der Waals surface area contributed by atoms with E-state index < -0.39 is 31.6 Å². The lowest BCUT2D eigenvalue weighted by atomic mass is 10.3. The number of nitrogens with zero attached hydrogens (tertiary/aromatic N) is 1. The second-order valence-electron chi connectivity index (χ2n) is 3.36. The summed E-state index contributed by atoms with van der Waals surface area (Å²) in [6.45, 7) is -1.07. The minimum absolute atomic E-state index is 0.103. The fraction of sp³-hybridized carbons (Fsp3) is 0.556. The van der Waals surface area contributed by atoms with Crippen LogP contribution in [0, 0.1) is 6.92 Å². The van der Waals surface area contributed by atoms with Gasteiger partial charge in [0, 0.05) is 6.07 Å². The standard InChI is InChI=1S/C9H12F2N2O4/c1-6-2-8(13-17-6)16-3-7(15)12-4-9(10,11)5-14/h2,14H,3-5H2,1H3,(H,12,15). The first kappa shape index (κ1) is 13.4. The van der Waals surface area contributed by atoms with Gasteiger partial charge in [0.05, 0.1) is 6.54 Å². The SMILES string of the molecule is Cc1cc(OCC(=O)NCC(F)(F)CO)no1. The average molecular weight is 250 g/mol. The Morgan fingerprint density at radius 3 is 2.94 bits per heavy atom. The number of carbonyl (C=O) groups is 1. The number of amides is 1. The first-order chi connectivity index (χ1) is 7.93. The van der Waals surface area contributed by atoms with Gasteiger partial charge in [-0.05, 0) is 12.1 Å². The molecule has 0 spiro atoms. The van der Waals surface area contributed by atoms with Crippen LogP contribution in [0.25, 0.3) is 0 Å². The number of halogens is 2. The zero-order valence-corrected chi connectivity index (χ0v) is 9.07. The van der Waals surface area contributed by atoms with E-state index in [0.29, 0.717) is 5.76 Å². The van der Waals surface area contributed by atoms with Crippen molar-refractivity contribution in [3.8, 4) is 5.88 Å². The summed E-state index contributed by atoms with van der Waals surface area (Å²) in [6.07, 6.45) is 0. The quantitative estimate of drug-likeness (QED) is 0.748. The summed E-state index contributed by atoms with van der Waals surface area (Å²) in [4.78, 5) is 11.1. The number of ether oxygens (including phenoxy) is 1. The van der Waals surface area contributed by atoms with Crippen molar-refractivity contribution >= 4 is 5.91 Å². The maximum atomic E-state index is 12.5. The Morgan fingerprint density at radius 1 is 1.71 bits per heavy atom. The third-order valence-electron chi connectivity index (χ3n) is 1.73. The number of nitrogens with one attached hydrogen (secondary N) is 1. The summed E-state index contributed by atoms with van der Waals surface area (Å²) in [6, 6.07) is 1.45. The Labute approximate surface area is 95.5 Å². The summed E-state index contributed by atoms with van der Waals surface area (Å²) < 4.78 is 34.6. The summed E-state index contributed by atoms with van der Waals surface area (Å²) >= 11 is 0. The zero-order chi connectivity index (χ0) is 12.9. The molecule has 0 atom stereocenters. The normalized spacial score (nSPS) is 11.3. The lowest BCUT2D eigenvalue weighted by molar-refractivity contribution is -0.126. The third-order valence-corrected chi connectivity index (χ3v) is 1.73. The molecule has 17 heavy (non-hydrogen) atoms. The Hall–Kier alpha value is -1.70. The van der Waals surface area contributed by atoms with Crippen molar-refractivity contribution in [3.05, 3.63) is 11.8 Å². The van der Waals surface area contributed by atoms with Crippen LogP contribution in [0.15, 0.2) is 10.6 Å². The highest BCUT2D eigenvalue weighted by Gasteiger charge is 2.28. The van der Waals surface area contributed by atoms with Crippen molar-refractivity contribution < 1.29 is 27.9 Å². The molecule has 0 bridgehead atoms. The number of aliphatic hydroxyl groups is 1. The largest absolute Gasteiger partial charge is 0.465 e. The van der Waals surface area contributed by atoms with Gasteiger partial charge in [0.15, 0.2) is 6.61 Å². The summed E-state index contributed by atoms with van der Waals surface area (Å²) in [5.41, 5.74) is 0. The molecule has 1 aromatic rings. The second kappa shape index (κ2) is 5.58. The molecule has 0 aliphatic heterocycles. The number of aryl methyl sites for hydroxylation is 1. The van der Waals surface area contributed by atoms with Gasteiger partial charge in [0.25, 0.3) is 17.7 Å². The van der Waals surface area contributed by atoms with E-state index in [1.54, 1.807) is 6.92 Å². The number of hydrogen-bond acceptors (Lipinski definition) is 5. The number of alkyl halides is 2. The molecular formula is C9H12F2N2O4. The van der Waals surface area contributed by atoms with E-state index in [1.165, 1.54) is 6.07 Å². The maximum Gasteiger partial charge on any atom is 0.287 e. The third kappa shape index (κ3) is 4.77. The molecule has 2 N–H and O–H groups in total. The molecule has 8 heteroatoms. The minimum atomic E-state index is -3.33. The van der Waals surface area contributed by atoms with Crippen molar-refractivity contribution in [2.75, 3.05) is 19.8 Å². The molecule has 0 aliphatic carbocycles. The fourth-order valence-corrected chi connectivity index (χ4v) is 0.886. The topological polar surface area (TPSA) is 84.6 Å². The number of aliphatic hydroxyl groups excluding tert-OH is 1. The molecule has 6 nitrogen and oxygen atoms in total. The number of hydrogen-bond donors (Lipinski definition) is 2. The van der Waals surface area contributed by atoms with E-state index in [9.17, 15) is 13.6 Å². The molecule has 0 saturated heterocycles. The van der Waals surface area contributed by atoms with Crippen molar-refractivity contribution in [1.29, 1.82) is 0 Å². The van der Waals surface area contributed by atoms with Crippen molar-refractivity contribution in [3.63, 3.8) is 0 Å². The molecule has 0 aromatic carbocycles. The van der Waals surface area contributed by atoms with Crippen LogP contribution in [-0.2, 0) is 4.79 Å². The first-order valence-corrected chi connectivity index (χ1v) is 4.74. The van der Waals surface area contributed by atoms with Crippen molar-refractivity contribution in [2.45, 2.75) is 12.8 Å². The lowest BCUT2D eigenvalue weighted by Gasteiger charge is -2.13. The number of carbonyl (C=O) groups excluding carboxylic acids is 1. The van der Waals surface area contributed by atoms with E-state index in [-0.39, 0.29) is 5.88 Å². The fourth-order valence-electron chi connectivity index (χ4n) is 0.886. The van der Waals surface area contributed by atoms with Gasteiger partial charge < -0.3 is 19.7 Å².